The van der Waals surface area contributed by atoms with Crippen molar-refractivity contribution in [2.45, 2.75) is 37.6 Å². The first-order chi connectivity index (χ1) is 12.4. The van der Waals surface area contributed by atoms with Crippen LogP contribution in [0.1, 0.15) is 26.7 Å². The SMILES string of the molecule is CCOc1ccc(S(=O)(=O)N2CCC(C(=O)NCC(C)NC)CC2)cc1. The summed E-state index contributed by atoms with van der Waals surface area (Å²) in [6, 6.07) is 6.68. The molecule has 1 unspecified atom stereocenters. The quantitative estimate of drug-likeness (QED) is 0.705. The molecular formula is C18H29N3O4S. The van der Waals surface area contributed by atoms with Gasteiger partial charge in [0.05, 0.1) is 11.5 Å². The number of nitrogens with zero attached hydrogens (tertiary/aromatic N) is 1. The molecule has 1 aliphatic heterocycles. The fourth-order valence-electron chi connectivity index (χ4n) is 2.88. The van der Waals surface area contributed by atoms with Gasteiger partial charge in [-0.05, 0) is 58.0 Å². The zero-order chi connectivity index (χ0) is 19.2. The molecule has 0 aromatic heterocycles. The number of amides is 1. The molecular weight excluding hydrogens is 354 g/mol. The molecule has 1 amide bonds. The molecule has 7 nitrogen and oxygen atoms in total. The van der Waals surface area contributed by atoms with Gasteiger partial charge in [0.2, 0.25) is 15.9 Å². The zero-order valence-corrected chi connectivity index (χ0v) is 16.5. The van der Waals surface area contributed by atoms with E-state index in [1.54, 1.807) is 24.3 Å². The molecule has 0 bridgehead atoms. The van der Waals surface area contributed by atoms with Gasteiger partial charge in [0, 0.05) is 31.6 Å². The van der Waals surface area contributed by atoms with E-state index in [0.717, 1.165) is 0 Å². The summed E-state index contributed by atoms with van der Waals surface area (Å²) in [4.78, 5) is 12.5. The number of ether oxygens (including phenoxy) is 1. The van der Waals surface area contributed by atoms with Crippen molar-refractivity contribution in [1.82, 2.24) is 14.9 Å². The molecule has 0 radical (unpaired) electrons. The van der Waals surface area contributed by atoms with Crippen molar-refractivity contribution in [1.29, 1.82) is 0 Å². The number of benzene rings is 1. The van der Waals surface area contributed by atoms with Crippen LogP contribution in [0.15, 0.2) is 29.2 Å². The Morgan fingerprint density at radius 1 is 1.27 bits per heavy atom. The molecule has 1 fully saturated rings. The molecule has 146 valence electrons. The summed E-state index contributed by atoms with van der Waals surface area (Å²) in [7, 11) is -1.69. The van der Waals surface area contributed by atoms with Crippen LogP contribution in [0.2, 0.25) is 0 Å². The predicted octanol–water partition coefficient (Wildman–Crippen LogP) is 1.21. The number of hydrogen-bond donors (Lipinski definition) is 2. The van der Waals surface area contributed by atoms with E-state index in [9.17, 15) is 13.2 Å². The van der Waals surface area contributed by atoms with E-state index in [1.807, 2.05) is 20.9 Å². The minimum absolute atomic E-state index is 0.00483. The summed E-state index contributed by atoms with van der Waals surface area (Å²) in [6.07, 6.45) is 1.08. The average Bonchev–Trinajstić information content (AvgIpc) is 2.66. The molecule has 8 heteroatoms. The van der Waals surface area contributed by atoms with Gasteiger partial charge in [0.1, 0.15) is 5.75 Å². The highest BCUT2D eigenvalue weighted by atomic mass is 32.2. The molecule has 1 saturated heterocycles. The van der Waals surface area contributed by atoms with E-state index < -0.39 is 10.0 Å². The summed E-state index contributed by atoms with van der Waals surface area (Å²) in [5.41, 5.74) is 0. The summed E-state index contributed by atoms with van der Waals surface area (Å²) in [5.74, 6) is 0.522. The van der Waals surface area contributed by atoms with Crippen molar-refractivity contribution in [3.05, 3.63) is 24.3 Å². The lowest BCUT2D eigenvalue weighted by atomic mass is 9.97. The average molecular weight is 384 g/mol. The lowest BCUT2D eigenvalue weighted by molar-refractivity contribution is -0.126. The summed E-state index contributed by atoms with van der Waals surface area (Å²) in [5, 5.41) is 5.99. The molecule has 2 N–H and O–H groups in total. The Labute approximate surface area is 156 Å². The van der Waals surface area contributed by atoms with Crippen LogP contribution in [-0.4, -0.2) is 58.0 Å². The van der Waals surface area contributed by atoms with Crippen LogP contribution in [0.25, 0.3) is 0 Å². The van der Waals surface area contributed by atoms with Crippen LogP contribution >= 0.6 is 0 Å². The minimum atomic E-state index is -3.54. The van der Waals surface area contributed by atoms with E-state index in [1.165, 1.54) is 4.31 Å². The van der Waals surface area contributed by atoms with Crippen LogP contribution in [-0.2, 0) is 14.8 Å². The second-order valence-electron chi connectivity index (χ2n) is 6.52. The second-order valence-corrected chi connectivity index (χ2v) is 8.46. The maximum absolute atomic E-state index is 12.8. The van der Waals surface area contributed by atoms with Crippen molar-refractivity contribution < 1.29 is 17.9 Å². The Bertz CT molecular complexity index is 683. The van der Waals surface area contributed by atoms with Gasteiger partial charge in [0.15, 0.2) is 0 Å². The Morgan fingerprint density at radius 3 is 2.42 bits per heavy atom. The monoisotopic (exact) mass is 383 g/mol. The molecule has 1 heterocycles. The van der Waals surface area contributed by atoms with Crippen molar-refractivity contribution >= 4 is 15.9 Å². The summed E-state index contributed by atoms with van der Waals surface area (Å²) < 4.78 is 32.3. The summed E-state index contributed by atoms with van der Waals surface area (Å²) in [6.45, 7) is 5.69. The number of hydrogen-bond acceptors (Lipinski definition) is 5. The third-order valence-corrected chi connectivity index (χ3v) is 6.59. The molecule has 0 saturated carbocycles. The van der Waals surface area contributed by atoms with Gasteiger partial charge in [-0.25, -0.2) is 8.42 Å². The number of rotatable bonds is 8. The fraction of sp³-hybridized carbons (Fsp3) is 0.611. The molecule has 1 aromatic carbocycles. The van der Waals surface area contributed by atoms with Crippen LogP contribution in [0.3, 0.4) is 0 Å². The molecule has 0 spiro atoms. The normalized spacial score (nSPS) is 17.7. The van der Waals surface area contributed by atoms with Crippen LogP contribution in [0.5, 0.6) is 5.75 Å². The number of sulfonamides is 1. The highest BCUT2D eigenvalue weighted by Gasteiger charge is 2.32. The third kappa shape index (κ3) is 5.18. The highest BCUT2D eigenvalue weighted by molar-refractivity contribution is 7.89. The molecule has 26 heavy (non-hydrogen) atoms. The maximum Gasteiger partial charge on any atom is 0.243 e. The highest BCUT2D eigenvalue weighted by Crippen LogP contribution is 2.25. The molecule has 2 rings (SSSR count). The van der Waals surface area contributed by atoms with Crippen molar-refractivity contribution in [2.24, 2.45) is 5.92 Å². The third-order valence-electron chi connectivity index (χ3n) is 4.67. The van der Waals surface area contributed by atoms with E-state index in [0.29, 0.717) is 44.8 Å². The fourth-order valence-corrected chi connectivity index (χ4v) is 4.35. The standard InChI is InChI=1S/C18H29N3O4S/c1-4-25-16-5-7-17(8-6-16)26(23,24)21-11-9-15(10-12-21)18(22)20-13-14(2)19-3/h5-8,14-15,19H,4,9-13H2,1-3H3,(H,20,22). The first kappa shape index (κ1) is 20.7. The van der Waals surface area contributed by atoms with Gasteiger partial charge in [-0.2, -0.15) is 4.31 Å². The van der Waals surface area contributed by atoms with E-state index in [-0.39, 0.29) is 22.8 Å². The number of nitrogens with one attached hydrogen (secondary N) is 2. The maximum atomic E-state index is 12.8. The van der Waals surface area contributed by atoms with E-state index in [2.05, 4.69) is 10.6 Å². The lowest BCUT2D eigenvalue weighted by Gasteiger charge is -2.30. The first-order valence-electron chi connectivity index (χ1n) is 9.06. The Kier molecular flexibility index (Phi) is 7.43. The Morgan fingerprint density at radius 2 is 1.88 bits per heavy atom. The molecule has 0 aliphatic carbocycles. The van der Waals surface area contributed by atoms with Gasteiger partial charge in [-0.3, -0.25) is 4.79 Å². The topological polar surface area (TPSA) is 87.7 Å². The largest absolute Gasteiger partial charge is 0.494 e. The predicted molar refractivity (Wildman–Crippen MR) is 101 cm³/mol. The lowest BCUT2D eigenvalue weighted by Crippen LogP contribution is -2.45. The Hall–Kier alpha value is -1.64. The molecule has 1 atom stereocenters. The second kappa shape index (κ2) is 9.34. The smallest absolute Gasteiger partial charge is 0.243 e. The van der Waals surface area contributed by atoms with Crippen molar-refractivity contribution in [2.75, 3.05) is 33.3 Å². The zero-order valence-electron chi connectivity index (χ0n) is 15.7. The van der Waals surface area contributed by atoms with Crippen molar-refractivity contribution in [3.8, 4) is 5.75 Å². The van der Waals surface area contributed by atoms with Gasteiger partial charge < -0.3 is 15.4 Å². The van der Waals surface area contributed by atoms with Crippen LogP contribution in [0.4, 0.5) is 0 Å². The van der Waals surface area contributed by atoms with E-state index in [4.69, 9.17) is 4.74 Å². The van der Waals surface area contributed by atoms with Crippen LogP contribution < -0.4 is 15.4 Å². The summed E-state index contributed by atoms with van der Waals surface area (Å²) >= 11 is 0. The van der Waals surface area contributed by atoms with Gasteiger partial charge in [-0.15, -0.1) is 0 Å². The van der Waals surface area contributed by atoms with Gasteiger partial charge in [0.25, 0.3) is 0 Å². The van der Waals surface area contributed by atoms with Crippen LogP contribution in [0, 0.1) is 5.92 Å². The first-order valence-corrected chi connectivity index (χ1v) is 10.5. The minimum Gasteiger partial charge on any atom is -0.494 e. The number of piperidine rings is 1. The van der Waals surface area contributed by atoms with E-state index >= 15 is 0 Å². The molecule has 1 aromatic rings. The Balaban J connectivity index is 1.92. The van der Waals surface area contributed by atoms with Gasteiger partial charge >= 0.3 is 0 Å². The van der Waals surface area contributed by atoms with Gasteiger partial charge in [-0.1, -0.05) is 0 Å². The number of likely N-dealkylation sites (N-methyl/N-ethyl adjacent to an activating group) is 1. The molecule has 1 aliphatic rings. The number of carbonyl (C=O) groups is 1. The van der Waals surface area contributed by atoms with Crippen molar-refractivity contribution in [3.63, 3.8) is 0 Å². The number of carbonyl (C=O) groups excluding carboxylic acids is 1.